The first-order valence-electron chi connectivity index (χ1n) is 5.85. The van der Waals surface area contributed by atoms with Crippen molar-refractivity contribution >= 4 is 12.0 Å². The predicted octanol–water partition coefficient (Wildman–Crippen LogP) is 0.431. The molecule has 2 amide bonds. The quantitative estimate of drug-likeness (QED) is 0.654. The van der Waals surface area contributed by atoms with Crippen LogP contribution in [-0.4, -0.2) is 42.9 Å². The van der Waals surface area contributed by atoms with E-state index in [1.165, 1.54) is 0 Å². The Bertz CT molecular complexity index is 277. The summed E-state index contributed by atoms with van der Waals surface area (Å²) in [5.41, 5.74) is 0. The number of rotatable bonds is 5. The van der Waals surface area contributed by atoms with Gasteiger partial charge in [-0.05, 0) is 13.3 Å². The molecule has 1 saturated heterocycles. The Hall–Kier alpha value is -1.30. The van der Waals surface area contributed by atoms with Gasteiger partial charge in [0, 0.05) is 25.1 Å². The van der Waals surface area contributed by atoms with Crippen LogP contribution < -0.4 is 10.6 Å². The molecule has 0 radical (unpaired) electrons. The number of urea groups is 1. The van der Waals surface area contributed by atoms with Crippen LogP contribution in [0.5, 0.6) is 0 Å². The van der Waals surface area contributed by atoms with Gasteiger partial charge in [0.15, 0.2) is 0 Å². The number of hydrogen-bond acceptors (Lipinski definition) is 3. The SMILES string of the molecule is CC(CNC(=O)NC(C)C1CCOC1)C(=O)O. The highest BCUT2D eigenvalue weighted by Crippen LogP contribution is 2.16. The van der Waals surface area contributed by atoms with Crippen molar-refractivity contribution in [1.29, 1.82) is 0 Å². The molecule has 0 aromatic rings. The largest absolute Gasteiger partial charge is 0.481 e. The Balaban J connectivity index is 2.22. The molecule has 1 aliphatic heterocycles. The number of ether oxygens (including phenoxy) is 1. The molecule has 3 unspecified atom stereocenters. The summed E-state index contributed by atoms with van der Waals surface area (Å²) < 4.78 is 5.24. The monoisotopic (exact) mass is 244 g/mol. The Morgan fingerprint density at radius 3 is 2.71 bits per heavy atom. The summed E-state index contributed by atoms with van der Waals surface area (Å²) in [4.78, 5) is 22.0. The molecule has 6 nitrogen and oxygen atoms in total. The number of nitrogens with one attached hydrogen (secondary N) is 2. The maximum atomic E-state index is 11.5. The molecule has 3 atom stereocenters. The van der Waals surface area contributed by atoms with E-state index < -0.39 is 11.9 Å². The summed E-state index contributed by atoms with van der Waals surface area (Å²) >= 11 is 0. The van der Waals surface area contributed by atoms with E-state index in [1.807, 2.05) is 6.92 Å². The van der Waals surface area contributed by atoms with E-state index in [-0.39, 0.29) is 18.6 Å². The fraction of sp³-hybridized carbons (Fsp3) is 0.818. The van der Waals surface area contributed by atoms with Crippen molar-refractivity contribution < 1.29 is 19.4 Å². The van der Waals surface area contributed by atoms with Gasteiger partial charge in [-0.15, -0.1) is 0 Å². The molecule has 0 saturated carbocycles. The maximum absolute atomic E-state index is 11.5. The number of aliphatic carboxylic acids is 1. The van der Waals surface area contributed by atoms with Crippen LogP contribution in [0.15, 0.2) is 0 Å². The number of carboxylic acid groups (broad SMARTS) is 1. The number of carbonyl (C=O) groups is 2. The molecular formula is C11H20N2O4. The van der Waals surface area contributed by atoms with E-state index >= 15 is 0 Å². The second kappa shape index (κ2) is 6.44. The van der Waals surface area contributed by atoms with E-state index in [1.54, 1.807) is 6.92 Å². The second-order valence-electron chi connectivity index (χ2n) is 4.51. The van der Waals surface area contributed by atoms with E-state index in [2.05, 4.69) is 10.6 Å². The van der Waals surface area contributed by atoms with Gasteiger partial charge in [0.25, 0.3) is 0 Å². The minimum Gasteiger partial charge on any atom is -0.481 e. The first-order chi connectivity index (χ1) is 8.00. The van der Waals surface area contributed by atoms with Gasteiger partial charge >= 0.3 is 12.0 Å². The third kappa shape index (κ3) is 4.60. The Labute approximate surface area is 101 Å². The molecule has 17 heavy (non-hydrogen) atoms. The molecule has 0 spiro atoms. The highest BCUT2D eigenvalue weighted by Gasteiger charge is 2.23. The van der Waals surface area contributed by atoms with Crippen molar-refractivity contribution in [2.75, 3.05) is 19.8 Å². The first-order valence-corrected chi connectivity index (χ1v) is 5.85. The van der Waals surface area contributed by atoms with Crippen molar-refractivity contribution in [3.8, 4) is 0 Å². The van der Waals surface area contributed by atoms with E-state index in [4.69, 9.17) is 9.84 Å². The van der Waals surface area contributed by atoms with Crippen molar-refractivity contribution in [3.05, 3.63) is 0 Å². The van der Waals surface area contributed by atoms with Gasteiger partial charge in [-0.1, -0.05) is 6.92 Å². The second-order valence-corrected chi connectivity index (χ2v) is 4.51. The molecule has 0 bridgehead atoms. The Morgan fingerprint density at radius 2 is 2.18 bits per heavy atom. The Morgan fingerprint density at radius 1 is 1.47 bits per heavy atom. The highest BCUT2D eigenvalue weighted by atomic mass is 16.5. The fourth-order valence-corrected chi connectivity index (χ4v) is 1.66. The first kappa shape index (κ1) is 13.8. The summed E-state index contributed by atoms with van der Waals surface area (Å²) in [6.07, 6.45) is 0.951. The third-order valence-electron chi connectivity index (χ3n) is 3.02. The molecule has 1 aliphatic rings. The van der Waals surface area contributed by atoms with Crippen LogP contribution in [0.25, 0.3) is 0 Å². The van der Waals surface area contributed by atoms with Gasteiger partial charge in [-0.25, -0.2) is 4.79 Å². The number of carbonyl (C=O) groups excluding carboxylic acids is 1. The molecule has 0 aliphatic carbocycles. The molecule has 0 aromatic heterocycles. The zero-order valence-electron chi connectivity index (χ0n) is 10.2. The summed E-state index contributed by atoms with van der Waals surface area (Å²) in [7, 11) is 0. The van der Waals surface area contributed by atoms with Crippen LogP contribution in [0.4, 0.5) is 4.79 Å². The minimum absolute atomic E-state index is 0.0395. The van der Waals surface area contributed by atoms with Gasteiger partial charge in [-0.3, -0.25) is 4.79 Å². The standard InChI is InChI=1S/C11H20N2O4/c1-7(10(14)15)5-12-11(16)13-8(2)9-3-4-17-6-9/h7-9H,3-6H2,1-2H3,(H,14,15)(H2,12,13,16). The highest BCUT2D eigenvalue weighted by molar-refractivity contribution is 5.75. The van der Waals surface area contributed by atoms with Crippen LogP contribution in [0.2, 0.25) is 0 Å². The molecule has 98 valence electrons. The van der Waals surface area contributed by atoms with Crippen molar-refractivity contribution in [3.63, 3.8) is 0 Å². The molecule has 1 fully saturated rings. The zero-order chi connectivity index (χ0) is 12.8. The number of hydrogen-bond donors (Lipinski definition) is 3. The molecule has 3 N–H and O–H groups in total. The minimum atomic E-state index is -0.914. The van der Waals surface area contributed by atoms with E-state index in [0.29, 0.717) is 12.5 Å². The molecule has 1 rings (SSSR count). The average Bonchev–Trinajstić information content (AvgIpc) is 2.78. The Kier molecular flexibility index (Phi) is 5.21. The van der Waals surface area contributed by atoms with Crippen molar-refractivity contribution in [2.45, 2.75) is 26.3 Å². The molecule has 6 heteroatoms. The number of carboxylic acids is 1. The lowest BCUT2D eigenvalue weighted by Gasteiger charge is -2.19. The van der Waals surface area contributed by atoms with Crippen LogP contribution in [0.3, 0.4) is 0 Å². The lowest BCUT2D eigenvalue weighted by atomic mass is 10.0. The summed E-state index contributed by atoms with van der Waals surface area (Å²) in [5, 5.41) is 14.0. The van der Waals surface area contributed by atoms with Gasteiger partial charge < -0.3 is 20.5 Å². The van der Waals surface area contributed by atoms with Crippen molar-refractivity contribution in [2.24, 2.45) is 11.8 Å². The van der Waals surface area contributed by atoms with Gasteiger partial charge in [0.05, 0.1) is 12.5 Å². The molecule has 1 heterocycles. The van der Waals surface area contributed by atoms with Crippen LogP contribution in [0, 0.1) is 11.8 Å². The fourth-order valence-electron chi connectivity index (χ4n) is 1.66. The summed E-state index contributed by atoms with van der Waals surface area (Å²) in [6, 6.07) is -0.282. The van der Waals surface area contributed by atoms with E-state index in [0.717, 1.165) is 13.0 Å². The molecular weight excluding hydrogens is 224 g/mol. The van der Waals surface area contributed by atoms with Gasteiger partial charge in [0.2, 0.25) is 0 Å². The van der Waals surface area contributed by atoms with Crippen LogP contribution in [-0.2, 0) is 9.53 Å². The summed E-state index contributed by atoms with van der Waals surface area (Å²) in [5.74, 6) is -1.15. The van der Waals surface area contributed by atoms with Crippen LogP contribution >= 0.6 is 0 Å². The third-order valence-corrected chi connectivity index (χ3v) is 3.02. The summed E-state index contributed by atoms with van der Waals surface area (Å²) in [6.45, 7) is 5.03. The lowest BCUT2D eigenvalue weighted by Crippen LogP contribution is -2.45. The van der Waals surface area contributed by atoms with Gasteiger partial charge in [0.1, 0.15) is 0 Å². The average molecular weight is 244 g/mol. The lowest BCUT2D eigenvalue weighted by molar-refractivity contribution is -0.140. The van der Waals surface area contributed by atoms with Crippen LogP contribution in [0.1, 0.15) is 20.3 Å². The molecule has 0 aromatic carbocycles. The smallest absolute Gasteiger partial charge is 0.315 e. The maximum Gasteiger partial charge on any atom is 0.315 e. The zero-order valence-corrected chi connectivity index (χ0v) is 10.2. The predicted molar refractivity (Wildman–Crippen MR) is 61.7 cm³/mol. The normalized spacial score (nSPS) is 22.8. The van der Waals surface area contributed by atoms with Crippen molar-refractivity contribution in [1.82, 2.24) is 10.6 Å². The number of amides is 2. The van der Waals surface area contributed by atoms with E-state index in [9.17, 15) is 9.59 Å². The van der Waals surface area contributed by atoms with Gasteiger partial charge in [-0.2, -0.15) is 0 Å². The topological polar surface area (TPSA) is 87.7 Å².